The summed E-state index contributed by atoms with van der Waals surface area (Å²) >= 11 is 0. The molecule has 0 aliphatic carbocycles. The van der Waals surface area contributed by atoms with Crippen LogP contribution in [0, 0.1) is 0 Å². The smallest absolute Gasteiger partial charge is 0.348 e. The average Bonchev–Trinajstić information content (AvgIpc) is 3.08. The summed E-state index contributed by atoms with van der Waals surface area (Å²) in [4.78, 5) is 12.3. The molecular weight excluding hydrogens is 386 g/mol. The summed E-state index contributed by atoms with van der Waals surface area (Å²) in [7, 11) is -1.19. The van der Waals surface area contributed by atoms with Gasteiger partial charge >= 0.3 is 5.97 Å². The first-order chi connectivity index (χ1) is 13.4. The monoisotopic (exact) mass is 403 g/mol. The van der Waals surface area contributed by atoms with Gasteiger partial charge in [-0.2, -0.15) is 8.42 Å². The molecule has 28 heavy (non-hydrogen) atoms. The molecule has 0 saturated carbocycles. The van der Waals surface area contributed by atoms with E-state index in [9.17, 15) is 13.2 Å². The minimum atomic E-state index is -4.08. The fourth-order valence-corrected chi connectivity index (χ4v) is 3.61. The van der Waals surface area contributed by atoms with Gasteiger partial charge in [0.15, 0.2) is 0 Å². The number of aromatic nitrogens is 2. The van der Waals surface area contributed by atoms with Gasteiger partial charge in [-0.3, -0.25) is 0 Å². The first-order valence-corrected chi connectivity index (χ1v) is 9.41. The van der Waals surface area contributed by atoms with Gasteiger partial charge in [0.25, 0.3) is 10.0 Å². The third-order valence-electron chi connectivity index (χ3n) is 3.79. The van der Waals surface area contributed by atoms with Gasteiger partial charge < -0.3 is 19.9 Å². The number of anilines is 1. The number of hydrogen-bond acceptors (Lipinski definition) is 8. The molecule has 1 heterocycles. The van der Waals surface area contributed by atoms with Crippen LogP contribution in [0.4, 0.5) is 5.82 Å². The van der Waals surface area contributed by atoms with Crippen LogP contribution in [0.25, 0.3) is 0 Å². The summed E-state index contributed by atoms with van der Waals surface area (Å²) in [5.41, 5.74) is 5.94. The summed E-state index contributed by atoms with van der Waals surface area (Å²) in [6, 6.07) is 13.3. The molecule has 0 amide bonds. The zero-order valence-electron chi connectivity index (χ0n) is 15.0. The number of esters is 1. The van der Waals surface area contributed by atoms with E-state index in [4.69, 9.17) is 19.9 Å². The van der Waals surface area contributed by atoms with E-state index in [0.29, 0.717) is 15.6 Å². The first-order valence-electron chi connectivity index (χ1n) is 7.97. The summed E-state index contributed by atoms with van der Waals surface area (Å²) in [5.74, 6) is -0.419. The Morgan fingerprint density at radius 3 is 2.36 bits per heavy atom. The molecule has 0 bridgehead atoms. The van der Waals surface area contributed by atoms with Crippen molar-refractivity contribution in [1.29, 1.82) is 0 Å². The van der Waals surface area contributed by atoms with Crippen LogP contribution >= 0.6 is 0 Å². The Morgan fingerprint density at radius 2 is 1.71 bits per heavy atom. The third-order valence-corrected chi connectivity index (χ3v) is 5.41. The highest BCUT2D eigenvalue weighted by Gasteiger charge is 2.24. The quantitative estimate of drug-likeness (QED) is 0.620. The predicted octanol–water partition coefficient (Wildman–Crippen LogP) is 1.94. The van der Waals surface area contributed by atoms with Gasteiger partial charge in [-0.25, -0.2) is 4.79 Å². The van der Waals surface area contributed by atoms with Gasteiger partial charge in [0, 0.05) is 6.07 Å². The van der Waals surface area contributed by atoms with E-state index >= 15 is 0 Å². The molecule has 0 spiro atoms. The lowest BCUT2D eigenvalue weighted by molar-refractivity contribution is 0.0723. The van der Waals surface area contributed by atoms with Gasteiger partial charge in [-0.05, 0) is 36.4 Å². The van der Waals surface area contributed by atoms with Gasteiger partial charge in [-0.1, -0.05) is 12.1 Å². The zero-order valence-corrected chi connectivity index (χ0v) is 15.8. The number of carbonyl (C=O) groups is 1. The molecule has 2 N–H and O–H groups in total. The number of rotatable bonds is 6. The van der Waals surface area contributed by atoms with Crippen LogP contribution in [-0.2, 0) is 10.0 Å². The van der Waals surface area contributed by atoms with E-state index in [1.54, 1.807) is 18.2 Å². The number of nitrogen functional groups attached to an aromatic ring is 1. The topological polar surface area (TPSA) is 123 Å². The predicted molar refractivity (Wildman–Crippen MR) is 100 cm³/mol. The number of carbonyl (C=O) groups excluding carboxylic acids is 1. The maximum atomic E-state index is 12.7. The van der Waals surface area contributed by atoms with Crippen molar-refractivity contribution in [2.75, 3.05) is 20.0 Å². The lowest BCUT2D eigenvalue weighted by Gasteiger charge is -2.07. The Labute approximate surface area is 161 Å². The summed E-state index contributed by atoms with van der Waals surface area (Å²) in [6.45, 7) is 0. The molecule has 9 nitrogen and oxygen atoms in total. The fourth-order valence-electron chi connectivity index (χ4n) is 2.41. The number of methoxy groups -OCH3 is 2. The molecule has 2 aromatic carbocycles. The van der Waals surface area contributed by atoms with E-state index < -0.39 is 16.0 Å². The van der Waals surface area contributed by atoms with Gasteiger partial charge in [0.1, 0.15) is 22.9 Å². The normalized spacial score (nSPS) is 11.1. The zero-order chi connectivity index (χ0) is 20.3. The van der Waals surface area contributed by atoms with E-state index in [1.165, 1.54) is 44.6 Å². The molecular formula is C18H17N3O6S. The highest BCUT2D eigenvalue weighted by atomic mass is 32.2. The van der Waals surface area contributed by atoms with Crippen molar-refractivity contribution < 1.29 is 27.4 Å². The maximum Gasteiger partial charge on any atom is 0.348 e. The van der Waals surface area contributed by atoms with Crippen LogP contribution in [0.15, 0.2) is 59.5 Å². The molecule has 0 fully saturated rings. The van der Waals surface area contributed by atoms with Crippen molar-refractivity contribution in [3.05, 3.63) is 60.2 Å². The number of para-hydroxylation sites is 1. The Hall–Kier alpha value is -3.53. The number of nitrogens with zero attached hydrogens (tertiary/aromatic N) is 2. The van der Waals surface area contributed by atoms with Crippen LogP contribution in [0.3, 0.4) is 0 Å². The molecule has 0 aliphatic rings. The molecule has 0 saturated heterocycles. The van der Waals surface area contributed by atoms with E-state index in [1.807, 2.05) is 0 Å². The molecule has 1 aromatic heterocycles. The van der Waals surface area contributed by atoms with Crippen molar-refractivity contribution >= 4 is 21.8 Å². The van der Waals surface area contributed by atoms with E-state index in [-0.39, 0.29) is 22.2 Å². The second kappa shape index (κ2) is 7.61. The Morgan fingerprint density at radius 1 is 1.04 bits per heavy atom. The van der Waals surface area contributed by atoms with Crippen LogP contribution in [0.2, 0.25) is 0 Å². The molecule has 146 valence electrons. The third kappa shape index (κ3) is 3.62. The second-order valence-electron chi connectivity index (χ2n) is 5.52. The molecule has 0 unspecified atom stereocenters. The minimum Gasteiger partial charge on any atom is -0.497 e. The standard InChI is InChI=1S/C18H17N3O6S/c1-25-12-7-9-13(10-8-12)28(23,24)21-16(19)11-17(20-21)27-18(22)14-5-3-4-6-15(14)26-2/h3-11H,19H2,1-2H3. The van der Waals surface area contributed by atoms with Gasteiger partial charge in [0.05, 0.1) is 19.1 Å². The molecule has 10 heteroatoms. The molecule has 0 aliphatic heterocycles. The Kier molecular flexibility index (Phi) is 5.23. The number of ether oxygens (including phenoxy) is 3. The largest absolute Gasteiger partial charge is 0.497 e. The number of nitrogens with two attached hydrogens (primary N) is 1. The van der Waals surface area contributed by atoms with E-state index in [2.05, 4.69) is 5.10 Å². The minimum absolute atomic E-state index is 0.0503. The van der Waals surface area contributed by atoms with Crippen LogP contribution in [0.1, 0.15) is 10.4 Å². The number of hydrogen-bond donors (Lipinski definition) is 1. The highest BCUT2D eigenvalue weighted by molar-refractivity contribution is 7.90. The van der Waals surface area contributed by atoms with Gasteiger partial charge in [0.2, 0.25) is 5.88 Å². The maximum absolute atomic E-state index is 12.7. The first kappa shape index (κ1) is 19.2. The molecule has 0 radical (unpaired) electrons. The summed E-state index contributed by atoms with van der Waals surface area (Å²) in [6.07, 6.45) is 0. The lowest BCUT2D eigenvalue weighted by atomic mass is 10.2. The summed E-state index contributed by atoms with van der Waals surface area (Å²) in [5, 5.41) is 3.81. The lowest BCUT2D eigenvalue weighted by Crippen LogP contribution is -2.17. The number of benzene rings is 2. The fraction of sp³-hybridized carbons (Fsp3) is 0.111. The molecule has 3 rings (SSSR count). The Balaban J connectivity index is 1.89. The van der Waals surface area contributed by atoms with Crippen LogP contribution < -0.4 is 19.9 Å². The van der Waals surface area contributed by atoms with Crippen molar-refractivity contribution in [2.45, 2.75) is 4.90 Å². The summed E-state index contributed by atoms with van der Waals surface area (Å²) < 4.78 is 41.4. The van der Waals surface area contributed by atoms with Crippen LogP contribution in [-0.4, -0.2) is 37.8 Å². The van der Waals surface area contributed by atoms with Gasteiger partial charge in [-0.15, -0.1) is 9.19 Å². The van der Waals surface area contributed by atoms with Crippen molar-refractivity contribution in [3.63, 3.8) is 0 Å². The average molecular weight is 403 g/mol. The second-order valence-corrected chi connectivity index (χ2v) is 7.29. The highest BCUT2D eigenvalue weighted by Crippen LogP contribution is 2.24. The molecule has 0 atom stereocenters. The van der Waals surface area contributed by atoms with Crippen molar-refractivity contribution in [2.24, 2.45) is 0 Å². The Bertz CT molecular complexity index is 1110. The molecule has 3 aromatic rings. The SMILES string of the molecule is COc1ccc(S(=O)(=O)n2nc(OC(=O)c3ccccc3OC)cc2N)cc1. The van der Waals surface area contributed by atoms with Crippen molar-refractivity contribution in [1.82, 2.24) is 9.19 Å². The van der Waals surface area contributed by atoms with E-state index in [0.717, 1.165) is 6.07 Å². The van der Waals surface area contributed by atoms with Crippen molar-refractivity contribution in [3.8, 4) is 17.4 Å². The van der Waals surface area contributed by atoms with Crippen LogP contribution in [0.5, 0.6) is 17.4 Å².